The van der Waals surface area contributed by atoms with Gasteiger partial charge < -0.3 is 10.2 Å². The number of hydrogen-bond donors (Lipinski definition) is 2. The van der Waals surface area contributed by atoms with E-state index in [1.165, 1.54) is 0 Å². The molecule has 0 aliphatic heterocycles. The molecule has 2 N–H and O–H groups in total. The molecule has 1 rings (SSSR count). The highest BCUT2D eigenvalue weighted by Crippen LogP contribution is 2.34. The average Bonchev–Trinajstić information content (AvgIpc) is 2.26. The number of halogens is 1. The van der Waals surface area contributed by atoms with Crippen LogP contribution in [-0.4, -0.2) is 16.1 Å². The van der Waals surface area contributed by atoms with Crippen LogP contribution < -0.4 is 0 Å². The number of aromatic hydroxyl groups is 1. The fourth-order valence-corrected chi connectivity index (χ4v) is 1.89. The van der Waals surface area contributed by atoms with Crippen molar-refractivity contribution in [2.24, 2.45) is 0 Å². The largest absolute Gasteiger partial charge is 0.508 e. The minimum Gasteiger partial charge on any atom is -0.508 e. The number of unbranched alkanes of at least 4 members (excludes halogenated alkanes) is 1. The van der Waals surface area contributed by atoms with Crippen molar-refractivity contribution in [1.29, 1.82) is 0 Å². The van der Waals surface area contributed by atoms with Crippen molar-refractivity contribution in [3.05, 3.63) is 29.8 Å². The van der Waals surface area contributed by atoms with E-state index in [0.717, 1.165) is 12.8 Å². The van der Waals surface area contributed by atoms with Gasteiger partial charge in [0, 0.05) is 5.56 Å². The lowest BCUT2D eigenvalue weighted by molar-refractivity contribution is 0.0467. The van der Waals surface area contributed by atoms with Crippen molar-refractivity contribution in [2.45, 2.75) is 31.8 Å². The van der Waals surface area contributed by atoms with Gasteiger partial charge in [0.1, 0.15) is 11.4 Å². The van der Waals surface area contributed by atoms with Crippen LogP contribution in [0.1, 0.15) is 31.7 Å². The fourth-order valence-electron chi connectivity index (χ4n) is 1.61. The molecule has 3 heteroatoms. The van der Waals surface area contributed by atoms with Crippen LogP contribution in [0.3, 0.4) is 0 Å². The van der Waals surface area contributed by atoms with E-state index in [0.29, 0.717) is 12.0 Å². The van der Waals surface area contributed by atoms with Gasteiger partial charge in [0.05, 0.1) is 5.88 Å². The zero-order valence-electron chi connectivity index (χ0n) is 8.91. The monoisotopic (exact) mass is 228 g/mol. The Morgan fingerprint density at radius 2 is 2.00 bits per heavy atom. The highest BCUT2D eigenvalue weighted by atomic mass is 35.5. The Morgan fingerprint density at radius 3 is 2.53 bits per heavy atom. The summed E-state index contributed by atoms with van der Waals surface area (Å²) in [4.78, 5) is 0. The summed E-state index contributed by atoms with van der Waals surface area (Å²) in [7, 11) is 0. The van der Waals surface area contributed by atoms with Crippen LogP contribution in [0.15, 0.2) is 24.3 Å². The van der Waals surface area contributed by atoms with Gasteiger partial charge in [0.2, 0.25) is 0 Å². The average molecular weight is 229 g/mol. The van der Waals surface area contributed by atoms with Crippen molar-refractivity contribution >= 4 is 11.6 Å². The SMILES string of the molecule is CCCCC(O)(CCl)c1ccccc1O. The predicted molar refractivity (Wildman–Crippen MR) is 62.2 cm³/mol. The third-order valence-corrected chi connectivity index (χ3v) is 3.01. The molecule has 0 bridgehead atoms. The summed E-state index contributed by atoms with van der Waals surface area (Å²) in [5, 5.41) is 20.0. The summed E-state index contributed by atoms with van der Waals surface area (Å²) in [6, 6.07) is 6.80. The van der Waals surface area contributed by atoms with Crippen LogP contribution in [-0.2, 0) is 5.60 Å². The molecule has 1 aromatic carbocycles. The smallest absolute Gasteiger partial charge is 0.121 e. The van der Waals surface area contributed by atoms with E-state index in [9.17, 15) is 10.2 Å². The van der Waals surface area contributed by atoms with Gasteiger partial charge in [0.25, 0.3) is 0 Å². The number of rotatable bonds is 5. The van der Waals surface area contributed by atoms with E-state index in [1.54, 1.807) is 24.3 Å². The molecule has 0 saturated carbocycles. The van der Waals surface area contributed by atoms with Crippen molar-refractivity contribution in [3.63, 3.8) is 0 Å². The molecule has 84 valence electrons. The minimum atomic E-state index is -1.11. The summed E-state index contributed by atoms with van der Waals surface area (Å²) in [5.74, 6) is 0.210. The molecule has 2 nitrogen and oxygen atoms in total. The fraction of sp³-hybridized carbons (Fsp3) is 0.500. The predicted octanol–water partition coefficient (Wildman–Crippen LogP) is 3.01. The first-order valence-electron chi connectivity index (χ1n) is 5.21. The molecule has 1 aromatic rings. The Labute approximate surface area is 95.5 Å². The topological polar surface area (TPSA) is 40.5 Å². The standard InChI is InChI=1S/C12H17ClO2/c1-2-3-8-12(15,9-13)10-6-4-5-7-11(10)14/h4-7,14-15H,2-3,8-9H2,1H3. The molecule has 0 aromatic heterocycles. The van der Waals surface area contributed by atoms with Crippen molar-refractivity contribution in [2.75, 3.05) is 5.88 Å². The third kappa shape index (κ3) is 2.86. The molecule has 0 aliphatic carbocycles. The maximum absolute atomic E-state index is 10.3. The van der Waals surface area contributed by atoms with E-state index < -0.39 is 5.60 Å². The number of aliphatic hydroxyl groups is 1. The van der Waals surface area contributed by atoms with Crippen LogP contribution in [0.25, 0.3) is 0 Å². The minimum absolute atomic E-state index is 0.102. The van der Waals surface area contributed by atoms with Gasteiger partial charge in [-0.3, -0.25) is 0 Å². The van der Waals surface area contributed by atoms with Crippen LogP contribution >= 0.6 is 11.6 Å². The Hall–Kier alpha value is -0.730. The molecule has 0 heterocycles. The number of alkyl halides is 1. The van der Waals surface area contributed by atoms with Gasteiger partial charge in [-0.2, -0.15) is 0 Å². The van der Waals surface area contributed by atoms with E-state index in [-0.39, 0.29) is 11.6 Å². The molecule has 0 radical (unpaired) electrons. The van der Waals surface area contributed by atoms with E-state index in [2.05, 4.69) is 6.92 Å². The number of benzene rings is 1. The van der Waals surface area contributed by atoms with Crippen LogP contribution in [0.5, 0.6) is 5.75 Å². The second-order valence-corrected chi connectivity index (χ2v) is 4.05. The van der Waals surface area contributed by atoms with E-state index >= 15 is 0 Å². The number of phenols is 1. The van der Waals surface area contributed by atoms with Gasteiger partial charge in [0.15, 0.2) is 0 Å². The summed E-state index contributed by atoms with van der Waals surface area (Å²) in [5.41, 5.74) is -0.587. The number of phenolic OH excluding ortho intramolecular Hbond substituents is 1. The van der Waals surface area contributed by atoms with Gasteiger partial charge in [-0.05, 0) is 12.5 Å². The van der Waals surface area contributed by atoms with Crippen LogP contribution in [0.4, 0.5) is 0 Å². The zero-order valence-corrected chi connectivity index (χ0v) is 9.67. The number of hydrogen-bond acceptors (Lipinski definition) is 2. The lowest BCUT2D eigenvalue weighted by atomic mass is 9.90. The highest BCUT2D eigenvalue weighted by Gasteiger charge is 2.29. The Balaban J connectivity index is 2.95. The second kappa shape index (κ2) is 5.38. The first-order chi connectivity index (χ1) is 7.14. The zero-order chi connectivity index (χ0) is 11.3. The van der Waals surface area contributed by atoms with Gasteiger partial charge in [-0.25, -0.2) is 0 Å². The molecule has 1 unspecified atom stereocenters. The third-order valence-electron chi connectivity index (χ3n) is 2.57. The van der Waals surface area contributed by atoms with Crippen LogP contribution in [0.2, 0.25) is 0 Å². The molecule has 15 heavy (non-hydrogen) atoms. The maximum Gasteiger partial charge on any atom is 0.121 e. The Kier molecular flexibility index (Phi) is 4.43. The van der Waals surface area contributed by atoms with Gasteiger partial charge >= 0.3 is 0 Å². The lowest BCUT2D eigenvalue weighted by Crippen LogP contribution is -2.27. The summed E-state index contributed by atoms with van der Waals surface area (Å²) in [6.07, 6.45) is 2.45. The second-order valence-electron chi connectivity index (χ2n) is 3.79. The molecule has 0 saturated heterocycles. The molecule has 0 spiro atoms. The molecular weight excluding hydrogens is 212 g/mol. The Morgan fingerprint density at radius 1 is 1.33 bits per heavy atom. The first kappa shape index (κ1) is 12.3. The van der Waals surface area contributed by atoms with Crippen molar-refractivity contribution in [1.82, 2.24) is 0 Å². The lowest BCUT2D eigenvalue weighted by Gasteiger charge is -2.26. The Bertz CT molecular complexity index is 314. The van der Waals surface area contributed by atoms with E-state index in [4.69, 9.17) is 11.6 Å². The van der Waals surface area contributed by atoms with Crippen molar-refractivity contribution in [3.8, 4) is 5.75 Å². The molecule has 0 fully saturated rings. The maximum atomic E-state index is 10.3. The molecular formula is C12H17ClO2. The van der Waals surface area contributed by atoms with E-state index in [1.807, 2.05) is 0 Å². The van der Waals surface area contributed by atoms with Crippen molar-refractivity contribution < 1.29 is 10.2 Å². The summed E-state index contributed by atoms with van der Waals surface area (Å²) in [6.45, 7) is 2.06. The highest BCUT2D eigenvalue weighted by molar-refractivity contribution is 6.18. The van der Waals surface area contributed by atoms with Crippen LogP contribution in [0, 0.1) is 0 Å². The normalized spacial score (nSPS) is 14.9. The van der Waals surface area contributed by atoms with Gasteiger partial charge in [-0.15, -0.1) is 11.6 Å². The first-order valence-corrected chi connectivity index (χ1v) is 5.74. The molecule has 0 amide bonds. The quantitative estimate of drug-likeness (QED) is 0.761. The number of para-hydroxylation sites is 1. The summed E-state index contributed by atoms with van der Waals surface area (Å²) < 4.78 is 0. The summed E-state index contributed by atoms with van der Waals surface area (Å²) >= 11 is 5.79. The van der Waals surface area contributed by atoms with Gasteiger partial charge in [-0.1, -0.05) is 38.0 Å². The molecule has 0 aliphatic rings. The molecule has 1 atom stereocenters.